The summed E-state index contributed by atoms with van der Waals surface area (Å²) in [4.78, 5) is 9.46. The number of aryl methyl sites for hydroxylation is 1. The summed E-state index contributed by atoms with van der Waals surface area (Å²) in [5.74, 6) is 0.672. The van der Waals surface area contributed by atoms with E-state index in [-0.39, 0.29) is 5.95 Å². The Kier molecular flexibility index (Phi) is 4.46. The Labute approximate surface area is 130 Å². The van der Waals surface area contributed by atoms with Crippen LogP contribution in [-0.2, 0) is 13.0 Å². The van der Waals surface area contributed by atoms with Gasteiger partial charge in [0.25, 0.3) is 0 Å². The fraction of sp³-hybridized carbons (Fsp3) is 0.533. The highest BCUT2D eigenvalue weighted by Gasteiger charge is 2.19. The van der Waals surface area contributed by atoms with Gasteiger partial charge < -0.3 is 11.5 Å². The van der Waals surface area contributed by atoms with E-state index in [2.05, 4.69) is 47.7 Å². The molecule has 5 nitrogen and oxygen atoms in total. The van der Waals surface area contributed by atoms with Gasteiger partial charge in [0, 0.05) is 13.1 Å². The monoisotopic (exact) mass is 306 g/mol. The van der Waals surface area contributed by atoms with Crippen LogP contribution in [0.3, 0.4) is 0 Å². The number of nitrogen functional groups attached to an aromatic ring is 2. The number of aromatic nitrogens is 3. The third kappa shape index (κ3) is 4.14. The van der Waals surface area contributed by atoms with Crippen LogP contribution < -0.4 is 16.0 Å². The van der Waals surface area contributed by atoms with E-state index in [1.165, 1.54) is 17.0 Å². The van der Waals surface area contributed by atoms with Crippen LogP contribution >= 0.6 is 11.3 Å². The van der Waals surface area contributed by atoms with Crippen LogP contribution in [0, 0.1) is 12.3 Å². The van der Waals surface area contributed by atoms with E-state index >= 15 is 0 Å². The molecule has 0 saturated heterocycles. The second-order valence-corrected chi connectivity index (χ2v) is 7.50. The van der Waals surface area contributed by atoms with Crippen molar-refractivity contribution in [2.24, 2.45) is 5.41 Å². The fourth-order valence-electron chi connectivity index (χ4n) is 2.08. The van der Waals surface area contributed by atoms with Crippen molar-refractivity contribution in [3.63, 3.8) is 0 Å². The summed E-state index contributed by atoms with van der Waals surface area (Å²) < 4.78 is 2.20. The lowest BCUT2D eigenvalue weighted by atomic mass is 9.90. The molecule has 0 fully saturated rings. The number of hydrogen-bond donors (Lipinski definition) is 2. The molecule has 2 aromatic heterocycles. The zero-order valence-electron chi connectivity index (χ0n) is 13.2. The van der Waals surface area contributed by atoms with Crippen LogP contribution in [0.4, 0.5) is 11.8 Å². The molecule has 0 bridgehead atoms. The minimum atomic E-state index is 0.217. The quantitative estimate of drug-likeness (QED) is 0.849. The molecule has 21 heavy (non-hydrogen) atoms. The summed E-state index contributed by atoms with van der Waals surface area (Å²) in [6.45, 7) is 9.66. The second kappa shape index (κ2) is 5.97. The van der Waals surface area contributed by atoms with Gasteiger partial charge in [-0.2, -0.15) is 9.55 Å². The first-order valence-electron chi connectivity index (χ1n) is 7.09. The van der Waals surface area contributed by atoms with Gasteiger partial charge in [-0.25, -0.2) is 4.98 Å². The molecule has 114 valence electrons. The van der Waals surface area contributed by atoms with Gasteiger partial charge in [0.05, 0.1) is 10.4 Å². The van der Waals surface area contributed by atoms with Crippen LogP contribution in [0.1, 0.15) is 43.3 Å². The summed E-state index contributed by atoms with van der Waals surface area (Å²) >= 11 is 1.80. The van der Waals surface area contributed by atoms with E-state index in [1.54, 1.807) is 17.5 Å². The minimum absolute atomic E-state index is 0.217. The van der Waals surface area contributed by atoms with E-state index in [0.717, 1.165) is 12.0 Å². The van der Waals surface area contributed by atoms with Crippen molar-refractivity contribution >= 4 is 23.1 Å². The van der Waals surface area contributed by atoms with Gasteiger partial charge in [0.2, 0.25) is 11.5 Å². The smallest absolute Gasteiger partial charge is 0.225 e. The number of rotatable bonds is 4. The highest BCUT2D eigenvalue weighted by atomic mass is 32.1. The summed E-state index contributed by atoms with van der Waals surface area (Å²) in [7, 11) is 0. The number of nitrogens with two attached hydrogens (primary N) is 2. The summed E-state index contributed by atoms with van der Waals surface area (Å²) in [5.41, 5.74) is 16.1. The Hall–Kier alpha value is -1.69. The molecule has 0 aliphatic carbocycles. The van der Waals surface area contributed by atoms with Crippen molar-refractivity contribution in [1.29, 1.82) is 0 Å². The van der Waals surface area contributed by atoms with Gasteiger partial charge in [-0.3, -0.25) is 0 Å². The van der Waals surface area contributed by atoms with E-state index in [9.17, 15) is 0 Å². The van der Waals surface area contributed by atoms with Gasteiger partial charge in [-0.05, 0) is 18.3 Å². The maximum Gasteiger partial charge on any atom is 0.225 e. The molecule has 0 spiro atoms. The van der Waals surface area contributed by atoms with E-state index in [4.69, 9.17) is 11.5 Å². The Morgan fingerprint density at radius 1 is 1.29 bits per heavy atom. The SMILES string of the molecule is Cc1c(CCC(C)(C)C)sc[n+]1Cc1cnc(N)nc1N. The second-order valence-electron chi connectivity index (χ2n) is 6.56. The Bertz CT molecular complexity index is 627. The number of anilines is 2. The molecule has 0 atom stereocenters. The molecule has 0 aromatic carbocycles. The van der Waals surface area contributed by atoms with Crippen molar-refractivity contribution in [3.8, 4) is 0 Å². The van der Waals surface area contributed by atoms with Crippen LogP contribution in [0.5, 0.6) is 0 Å². The lowest BCUT2D eigenvalue weighted by Crippen LogP contribution is -2.35. The number of hydrogen-bond acceptors (Lipinski definition) is 5. The molecule has 4 N–H and O–H groups in total. The van der Waals surface area contributed by atoms with Crippen molar-refractivity contribution in [1.82, 2.24) is 9.97 Å². The van der Waals surface area contributed by atoms with Crippen molar-refractivity contribution < 1.29 is 4.57 Å². The first-order chi connectivity index (χ1) is 9.76. The molecular weight excluding hydrogens is 282 g/mol. The first-order valence-corrected chi connectivity index (χ1v) is 7.97. The van der Waals surface area contributed by atoms with Crippen LogP contribution in [0.15, 0.2) is 11.7 Å². The standard InChI is InChI=1S/C15H24N5S/c1-10-12(5-6-15(2,3)4)21-9-20(10)8-11-7-18-14(17)19-13(11)16/h7,9H,5-6,8H2,1-4H3,(H4,16,17,18,19)/q+1. The third-order valence-corrected chi connectivity index (χ3v) is 4.66. The van der Waals surface area contributed by atoms with Gasteiger partial charge in [-0.15, -0.1) is 0 Å². The Morgan fingerprint density at radius 3 is 2.62 bits per heavy atom. The average molecular weight is 306 g/mol. The molecular formula is C15H24N5S+. The van der Waals surface area contributed by atoms with Gasteiger partial charge >= 0.3 is 0 Å². The molecule has 0 aliphatic rings. The van der Waals surface area contributed by atoms with E-state index < -0.39 is 0 Å². The van der Waals surface area contributed by atoms with Crippen molar-refractivity contribution in [2.75, 3.05) is 11.5 Å². The van der Waals surface area contributed by atoms with Crippen LogP contribution in [0.25, 0.3) is 0 Å². The zero-order chi connectivity index (χ0) is 15.6. The van der Waals surface area contributed by atoms with E-state index in [1.807, 2.05) is 0 Å². The van der Waals surface area contributed by atoms with E-state index in [0.29, 0.717) is 17.8 Å². The van der Waals surface area contributed by atoms with Crippen LogP contribution in [0.2, 0.25) is 0 Å². The maximum atomic E-state index is 5.90. The largest absolute Gasteiger partial charge is 0.383 e. The molecule has 2 heterocycles. The molecule has 0 amide bonds. The predicted octanol–water partition coefficient (Wildman–Crippen LogP) is 2.33. The molecule has 0 saturated carbocycles. The Balaban J connectivity index is 2.13. The van der Waals surface area contributed by atoms with Gasteiger partial charge in [0.1, 0.15) is 5.82 Å². The first kappa shape index (κ1) is 15.7. The molecule has 2 aromatic rings. The topological polar surface area (TPSA) is 81.7 Å². The molecule has 0 radical (unpaired) electrons. The normalized spacial score (nSPS) is 11.8. The molecule has 0 aliphatic heterocycles. The fourth-order valence-corrected chi connectivity index (χ4v) is 3.07. The minimum Gasteiger partial charge on any atom is -0.383 e. The zero-order valence-corrected chi connectivity index (χ0v) is 14.0. The summed E-state index contributed by atoms with van der Waals surface area (Å²) in [6.07, 6.45) is 4.00. The lowest BCUT2D eigenvalue weighted by molar-refractivity contribution is -0.689. The number of nitrogens with zero attached hydrogens (tertiary/aromatic N) is 3. The summed E-state index contributed by atoms with van der Waals surface area (Å²) in [5, 5.41) is 0. The highest BCUT2D eigenvalue weighted by molar-refractivity contribution is 7.09. The van der Waals surface area contributed by atoms with Crippen molar-refractivity contribution in [2.45, 2.75) is 47.1 Å². The van der Waals surface area contributed by atoms with Gasteiger partial charge in [-0.1, -0.05) is 32.1 Å². The molecule has 6 heteroatoms. The predicted molar refractivity (Wildman–Crippen MR) is 87.0 cm³/mol. The average Bonchev–Trinajstić information content (AvgIpc) is 2.71. The Morgan fingerprint density at radius 2 is 2.00 bits per heavy atom. The number of thiazole rings is 1. The lowest BCUT2D eigenvalue weighted by Gasteiger charge is -2.16. The molecule has 2 rings (SSSR count). The maximum absolute atomic E-state index is 5.90. The van der Waals surface area contributed by atoms with Crippen molar-refractivity contribution in [3.05, 3.63) is 27.8 Å². The van der Waals surface area contributed by atoms with Gasteiger partial charge in [0.15, 0.2) is 12.2 Å². The molecule has 0 unspecified atom stereocenters. The third-order valence-electron chi connectivity index (χ3n) is 3.52. The van der Waals surface area contributed by atoms with Crippen LogP contribution in [-0.4, -0.2) is 9.97 Å². The highest BCUT2D eigenvalue weighted by Crippen LogP contribution is 2.24. The summed E-state index contributed by atoms with van der Waals surface area (Å²) in [6, 6.07) is 0.